The second-order valence-corrected chi connectivity index (χ2v) is 16.3. The summed E-state index contributed by atoms with van der Waals surface area (Å²) in [6.07, 6.45) is -7.72. The second-order valence-electron chi connectivity index (χ2n) is 13.5. The molecule has 0 aliphatic carbocycles. The van der Waals surface area contributed by atoms with Gasteiger partial charge < -0.3 is 60.6 Å². The van der Waals surface area contributed by atoms with Gasteiger partial charge in [-0.1, -0.05) is 0 Å². The average Bonchev–Trinajstić information content (AvgIpc) is 3.82. The molecule has 59 heavy (non-hydrogen) atoms. The first-order valence-electron chi connectivity index (χ1n) is 18.4. The van der Waals surface area contributed by atoms with E-state index in [4.69, 9.17) is 77.3 Å². The van der Waals surface area contributed by atoms with Crippen molar-refractivity contribution < 1.29 is 80.3 Å². The number of aliphatic hydroxyl groups excluding tert-OH is 1. The van der Waals surface area contributed by atoms with Crippen LogP contribution < -0.4 is 21.7 Å². The Hall–Kier alpha value is -2.31. The van der Waals surface area contributed by atoms with Gasteiger partial charge in [-0.25, -0.2) is 9.13 Å². The quantitative estimate of drug-likeness (QED) is 0.0332. The Morgan fingerprint density at radius 2 is 1.10 bits per heavy atom. The minimum Gasteiger partial charge on any atom is -0.390 e. The predicted molar refractivity (Wildman–Crippen MR) is 207 cm³/mol. The summed E-state index contributed by atoms with van der Waals surface area (Å²) < 4.78 is 62.3. The number of phosphoric ester groups is 2. The van der Waals surface area contributed by atoms with E-state index in [9.17, 15) is 48.0 Å². The topological polar surface area (TPSA) is 313 Å². The number of rotatable bonds is 25. The first kappa shape index (κ1) is 51.0. The van der Waals surface area contributed by atoms with Gasteiger partial charge >= 0.3 is 15.6 Å². The van der Waals surface area contributed by atoms with Crippen LogP contribution in [0.1, 0.15) is 19.3 Å². The third kappa shape index (κ3) is 17.9. The molecule has 0 spiro atoms. The van der Waals surface area contributed by atoms with Crippen molar-refractivity contribution in [1.29, 1.82) is 0 Å². The maximum atomic E-state index is 13.0. The summed E-state index contributed by atoms with van der Waals surface area (Å²) in [4.78, 5) is 84.4. The van der Waals surface area contributed by atoms with Crippen LogP contribution in [0.15, 0.2) is 0 Å². The fraction of sp³-hybridized carbons (Fsp3) is 0.828. The molecule has 0 bridgehead atoms. The maximum absolute atomic E-state index is 13.0. The molecule has 5 amide bonds. The molecule has 0 aromatic rings. The van der Waals surface area contributed by atoms with E-state index in [0.717, 1.165) is 9.80 Å². The van der Waals surface area contributed by atoms with Crippen LogP contribution in [-0.4, -0.2) is 214 Å². The first-order valence-corrected chi connectivity index (χ1v) is 21.4. The Morgan fingerprint density at radius 1 is 0.678 bits per heavy atom. The highest BCUT2D eigenvalue weighted by molar-refractivity contribution is 7.47. The van der Waals surface area contributed by atoms with Crippen LogP contribution >= 0.6 is 15.6 Å². The number of carbonyl (C=O) groups is 5. The Labute approximate surface area is 347 Å². The number of nitrogens with two attached hydrogens (primary N) is 1. The summed E-state index contributed by atoms with van der Waals surface area (Å²) >= 11 is 0. The molecule has 8 N–H and O–H groups in total. The number of hydrogen-bond acceptors (Lipinski definition) is 16. The van der Waals surface area contributed by atoms with Crippen LogP contribution in [-0.2, 0) is 65.4 Å². The molecule has 10 radical (unpaired) electrons. The number of carbonyl (C=O) groups excluding carboxylic acids is 5. The zero-order valence-corrected chi connectivity index (χ0v) is 33.9. The molecule has 30 heteroatoms. The Balaban J connectivity index is 1.46. The number of nitrogens with zero attached hydrogens (tertiary/aromatic N) is 2. The molecule has 11 atom stereocenters. The van der Waals surface area contributed by atoms with Crippen molar-refractivity contribution in [2.75, 3.05) is 65.6 Å². The highest BCUT2D eigenvalue weighted by Gasteiger charge is 2.44. The number of ether oxygens (including phenoxy) is 3. The van der Waals surface area contributed by atoms with Gasteiger partial charge in [-0.2, -0.15) is 0 Å². The zero-order chi connectivity index (χ0) is 43.9. The van der Waals surface area contributed by atoms with Gasteiger partial charge in [0.15, 0.2) is 0 Å². The smallest absolute Gasteiger partial charge is 0.390 e. The van der Waals surface area contributed by atoms with Crippen molar-refractivity contribution in [1.82, 2.24) is 25.8 Å². The summed E-state index contributed by atoms with van der Waals surface area (Å²) in [5.41, 5.74) is 5.23. The van der Waals surface area contributed by atoms with E-state index in [-0.39, 0.29) is 64.9 Å². The molecule has 0 aromatic heterocycles. The van der Waals surface area contributed by atoms with E-state index in [0.29, 0.717) is 0 Å². The van der Waals surface area contributed by atoms with Gasteiger partial charge in [-0.15, -0.1) is 0 Å². The fourth-order valence-electron chi connectivity index (χ4n) is 5.94. The number of aliphatic hydroxyl groups is 1. The molecule has 320 valence electrons. The van der Waals surface area contributed by atoms with Crippen molar-refractivity contribution >= 4 is 84.4 Å². The summed E-state index contributed by atoms with van der Waals surface area (Å²) in [7, 11) is 18.5. The molecular formula is C29H47B5N6O17P2. The third-order valence-electron chi connectivity index (χ3n) is 8.87. The van der Waals surface area contributed by atoms with Gasteiger partial charge in [0.2, 0.25) is 29.5 Å². The van der Waals surface area contributed by atoms with Crippen LogP contribution in [0.3, 0.4) is 0 Å². The lowest BCUT2D eigenvalue weighted by Gasteiger charge is -2.26. The van der Waals surface area contributed by atoms with Gasteiger partial charge in [-0.05, 0) is 31.9 Å². The predicted octanol–water partition coefficient (Wildman–Crippen LogP) is -5.66. The second kappa shape index (κ2) is 24.4. The molecule has 3 heterocycles. The Kier molecular flexibility index (Phi) is 21.1. The number of phosphoric acid groups is 2. The maximum Gasteiger partial charge on any atom is 0.472 e. The molecule has 3 fully saturated rings. The molecule has 3 saturated heterocycles. The lowest BCUT2D eigenvalue weighted by Crippen LogP contribution is -2.48. The highest BCUT2D eigenvalue weighted by atomic mass is 31.2. The number of amides is 5. The van der Waals surface area contributed by atoms with E-state index in [2.05, 4.69) is 16.0 Å². The molecule has 5 unspecified atom stereocenters. The summed E-state index contributed by atoms with van der Waals surface area (Å²) in [6, 6.07) is -2.75. The van der Waals surface area contributed by atoms with Gasteiger partial charge in [0.05, 0.1) is 66.9 Å². The Morgan fingerprint density at radius 3 is 1.58 bits per heavy atom. The summed E-state index contributed by atoms with van der Waals surface area (Å²) in [5, 5.41) is 17.4. The van der Waals surface area contributed by atoms with Crippen LogP contribution in [0, 0.1) is 0 Å². The highest BCUT2D eigenvalue weighted by Crippen LogP contribution is 2.50. The minimum atomic E-state index is -4.93. The minimum absolute atomic E-state index is 0.0209. The van der Waals surface area contributed by atoms with E-state index in [1.165, 1.54) is 0 Å². The Bertz CT molecular complexity index is 1530. The summed E-state index contributed by atoms with van der Waals surface area (Å²) in [6.45, 7) is -2.98. The van der Waals surface area contributed by atoms with E-state index < -0.39 is 132 Å². The van der Waals surface area contributed by atoms with Crippen molar-refractivity contribution in [3.8, 4) is 0 Å². The van der Waals surface area contributed by atoms with Crippen molar-refractivity contribution in [3.05, 3.63) is 0 Å². The number of hydrogen-bond donors (Lipinski definition) is 7. The van der Waals surface area contributed by atoms with Gasteiger partial charge in [0.25, 0.3) is 0 Å². The lowest BCUT2D eigenvalue weighted by atomic mass is 9.96. The lowest BCUT2D eigenvalue weighted by molar-refractivity contribution is -0.135. The monoisotopic (exact) mass is 868 g/mol. The van der Waals surface area contributed by atoms with Crippen LogP contribution in [0.2, 0.25) is 12.6 Å². The first-order chi connectivity index (χ1) is 27.7. The van der Waals surface area contributed by atoms with Gasteiger partial charge in [0, 0.05) is 50.7 Å². The molecule has 3 rings (SSSR count). The summed E-state index contributed by atoms with van der Waals surface area (Å²) in [5.74, 6) is -2.96. The van der Waals surface area contributed by atoms with Crippen LogP contribution in [0.25, 0.3) is 0 Å². The molecule has 3 aliphatic heterocycles. The van der Waals surface area contributed by atoms with E-state index in [1.54, 1.807) is 0 Å². The molecule has 3 aliphatic rings. The van der Waals surface area contributed by atoms with Crippen LogP contribution in [0.4, 0.5) is 0 Å². The molecule has 23 nitrogen and oxygen atoms in total. The molecular weight excluding hydrogens is 820 g/mol. The SMILES string of the molecule is [B]CC(=O)N(CCNC(=O)CN)CC(=O)NCCN(CC(=O)NC[C@H]1O[C@@H]([B])CC1OP(=O)(O)OC[C@H]1O[C@@H]([B])CC1OP(=O)(O)OC[C@H]1O[C@@H]([B])CC1O)C(=O)C[B]. The van der Waals surface area contributed by atoms with Gasteiger partial charge in [-0.3, -0.25) is 42.1 Å². The fourth-order valence-corrected chi connectivity index (χ4v) is 7.86. The number of nitrogens with one attached hydrogen (secondary N) is 3. The molecule has 0 saturated carbocycles. The normalized spacial score (nSPS) is 28.6. The van der Waals surface area contributed by atoms with Crippen molar-refractivity contribution in [2.24, 2.45) is 5.73 Å². The third-order valence-corrected chi connectivity index (χ3v) is 10.9. The van der Waals surface area contributed by atoms with E-state index in [1.807, 2.05) is 0 Å². The molecule has 0 aromatic carbocycles. The standard InChI is InChI=1S/C29H47B5N6O17P2/c30-8-28(45)39(3-1-36-25(42)10-35)12-26(43)37-2-4-40(29(46)9-31)13-27(44)38-11-19-17(6-23(33)53-19)56-59(49,50)52-15-21-18(7-24(34)55-21)57-58(47,48)51-14-20-16(41)5-22(32)54-20/h16-24,41H,1-15,35H2,(H,36,42)(H,37,43)(H,38,44)(H,47,48)(H,49,50)/t16?,17?,18?,19-,20-,21-,22-,23-,24-/m1/s1. The van der Waals surface area contributed by atoms with Crippen molar-refractivity contribution in [3.63, 3.8) is 0 Å². The van der Waals surface area contributed by atoms with Gasteiger partial charge in [0.1, 0.15) is 41.9 Å². The van der Waals surface area contributed by atoms with E-state index >= 15 is 0 Å². The average molecular weight is 868 g/mol. The zero-order valence-electron chi connectivity index (χ0n) is 32.1. The largest absolute Gasteiger partial charge is 0.472 e. The van der Waals surface area contributed by atoms with Crippen LogP contribution in [0.5, 0.6) is 0 Å². The van der Waals surface area contributed by atoms with Crippen molar-refractivity contribution in [2.45, 2.75) is 86.5 Å².